The van der Waals surface area contributed by atoms with Gasteiger partial charge in [-0.3, -0.25) is 0 Å². The summed E-state index contributed by atoms with van der Waals surface area (Å²) in [5, 5.41) is 0. The number of carbonyl (C=O) groups is 1. The fraction of sp³-hybridized carbons (Fsp3) is 0.311. The van der Waals surface area contributed by atoms with Crippen LogP contribution in [0.5, 0.6) is 28.7 Å². The van der Waals surface area contributed by atoms with Crippen molar-refractivity contribution < 1.29 is 56.2 Å². The molecule has 0 bridgehead atoms. The normalized spacial score (nSPS) is 15.2. The summed E-state index contributed by atoms with van der Waals surface area (Å²) in [6.45, 7) is 9.89. The van der Waals surface area contributed by atoms with Crippen LogP contribution in [0.4, 0.5) is 8.78 Å². The topological polar surface area (TPSA) is 100 Å². The number of esters is 1. The molecule has 2 fully saturated rings. The minimum Gasteiger partial charge on any atom is -0.468 e. The van der Waals surface area contributed by atoms with Gasteiger partial charge in [-0.15, -0.1) is 0 Å². The Morgan fingerprint density at radius 2 is 1.05 bits per heavy atom. The number of aryl methyl sites for hydroxylation is 1. The van der Waals surface area contributed by atoms with Crippen molar-refractivity contribution in [1.82, 2.24) is 0 Å². The van der Waals surface area contributed by atoms with Crippen molar-refractivity contribution in [3.05, 3.63) is 126 Å². The van der Waals surface area contributed by atoms with Crippen molar-refractivity contribution in [1.29, 1.82) is 0 Å². The third kappa shape index (κ3) is 10.3. The van der Waals surface area contributed by atoms with Gasteiger partial charge < -0.3 is 42.6 Å². The molecule has 57 heavy (non-hydrogen) atoms. The van der Waals surface area contributed by atoms with Gasteiger partial charge in [-0.1, -0.05) is 44.2 Å². The van der Waals surface area contributed by atoms with E-state index >= 15 is 8.78 Å². The van der Waals surface area contributed by atoms with Crippen molar-refractivity contribution in [2.75, 3.05) is 60.0 Å². The quantitative estimate of drug-likeness (QED) is 0.0371. The van der Waals surface area contributed by atoms with E-state index in [2.05, 4.69) is 13.8 Å². The number of ether oxygens (including phenoxy) is 9. The van der Waals surface area contributed by atoms with E-state index in [1.54, 1.807) is 66.7 Å². The third-order valence-corrected chi connectivity index (χ3v) is 9.61. The largest absolute Gasteiger partial charge is 0.468 e. The van der Waals surface area contributed by atoms with E-state index in [0.29, 0.717) is 68.0 Å². The zero-order chi connectivity index (χ0) is 39.8. The van der Waals surface area contributed by atoms with Crippen molar-refractivity contribution >= 4 is 5.97 Å². The Morgan fingerprint density at radius 1 is 0.579 bits per heavy atom. The number of hydrogen-bond donors (Lipinski definition) is 0. The maximum atomic E-state index is 15.2. The van der Waals surface area contributed by atoms with E-state index in [1.165, 1.54) is 18.2 Å². The molecular weight excluding hydrogens is 738 g/mol. The average molecular weight is 783 g/mol. The molecule has 5 aromatic rings. The van der Waals surface area contributed by atoms with Crippen LogP contribution in [-0.4, -0.2) is 66.0 Å². The Morgan fingerprint density at radius 3 is 1.58 bits per heavy atom. The lowest BCUT2D eigenvalue weighted by molar-refractivity contribution is -0.151. The van der Waals surface area contributed by atoms with Crippen LogP contribution in [0.2, 0.25) is 0 Å². The summed E-state index contributed by atoms with van der Waals surface area (Å²) in [5.74, 6) is -0.410. The molecule has 2 aliphatic rings. The Kier molecular flexibility index (Phi) is 12.3. The Hall–Kier alpha value is -5.53. The van der Waals surface area contributed by atoms with Crippen LogP contribution in [-0.2, 0) is 18.9 Å². The maximum Gasteiger partial charge on any atom is 0.343 e. The monoisotopic (exact) mass is 782 g/mol. The molecule has 0 amide bonds. The van der Waals surface area contributed by atoms with Crippen LogP contribution in [0.3, 0.4) is 0 Å². The van der Waals surface area contributed by atoms with Gasteiger partial charge in [0, 0.05) is 10.8 Å². The number of carbonyl (C=O) groups excluding carboxylic acids is 1. The van der Waals surface area contributed by atoms with Gasteiger partial charge in [0.1, 0.15) is 17.2 Å². The summed E-state index contributed by atoms with van der Waals surface area (Å²) in [4.78, 5) is 12.8. The summed E-state index contributed by atoms with van der Waals surface area (Å²) < 4.78 is 79.7. The number of rotatable bonds is 18. The molecule has 0 aliphatic carbocycles. The molecule has 2 aliphatic heterocycles. The van der Waals surface area contributed by atoms with Crippen LogP contribution in [0, 0.1) is 29.4 Å². The standard InChI is InChI=1S/C45H44F2O10/c1-30-18-32(33-7-16-41(39(46)19-33)56-29-55-37-13-11-36(12-14-37)54-28-52-26-45(3)23-50-24-45)6-15-38(30)34-8-17-42(40(47)20-34)57-43(48)31-4-9-35(10-5-31)53-27-51-25-44(2)21-49-22-44/h4-20H,21-29H2,1-3H3. The predicted octanol–water partition coefficient (Wildman–Crippen LogP) is 9.02. The smallest absolute Gasteiger partial charge is 0.343 e. The molecule has 2 saturated heterocycles. The summed E-state index contributed by atoms with van der Waals surface area (Å²) in [7, 11) is 0. The first kappa shape index (κ1) is 39.7. The molecule has 5 aromatic carbocycles. The lowest BCUT2D eigenvalue weighted by Gasteiger charge is -2.37. The van der Waals surface area contributed by atoms with Crippen molar-refractivity contribution in [3.63, 3.8) is 0 Å². The molecule has 12 heteroatoms. The van der Waals surface area contributed by atoms with E-state index < -0.39 is 17.6 Å². The van der Waals surface area contributed by atoms with Gasteiger partial charge in [-0.25, -0.2) is 13.6 Å². The Labute approximate surface area is 330 Å². The number of halogens is 2. The highest BCUT2D eigenvalue weighted by molar-refractivity contribution is 5.91. The lowest BCUT2D eigenvalue weighted by Crippen LogP contribution is -2.43. The fourth-order valence-corrected chi connectivity index (χ4v) is 6.22. The number of hydrogen-bond acceptors (Lipinski definition) is 10. The van der Waals surface area contributed by atoms with Gasteiger partial charge in [0.05, 0.1) is 45.2 Å². The van der Waals surface area contributed by atoms with E-state index in [0.717, 1.165) is 16.7 Å². The predicted molar refractivity (Wildman–Crippen MR) is 207 cm³/mol. The van der Waals surface area contributed by atoms with E-state index in [-0.39, 0.29) is 48.3 Å². The first-order valence-corrected chi connectivity index (χ1v) is 18.5. The molecule has 0 aromatic heterocycles. The Bertz CT molecular complexity index is 2150. The second-order valence-corrected chi connectivity index (χ2v) is 14.9. The van der Waals surface area contributed by atoms with E-state index in [9.17, 15) is 4.79 Å². The summed E-state index contributed by atoms with van der Waals surface area (Å²) in [5.41, 5.74) is 3.92. The molecule has 0 N–H and O–H groups in total. The highest BCUT2D eigenvalue weighted by Crippen LogP contribution is 2.33. The second-order valence-electron chi connectivity index (χ2n) is 14.9. The zero-order valence-electron chi connectivity index (χ0n) is 32.0. The molecule has 10 nitrogen and oxygen atoms in total. The molecule has 7 rings (SSSR count). The van der Waals surface area contributed by atoms with Gasteiger partial charge in [0.15, 0.2) is 36.7 Å². The molecule has 2 heterocycles. The fourth-order valence-electron chi connectivity index (χ4n) is 6.22. The zero-order valence-corrected chi connectivity index (χ0v) is 32.0. The number of benzene rings is 5. The molecule has 0 atom stereocenters. The third-order valence-electron chi connectivity index (χ3n) is 9.61. The van der Waals surface area contributed by atoms with Crippen molar-refractivity contribution in [2.24, 2.45) is 10.8 Å². The van der Waals surface area contributed by atoms with Gasteiger partial charge in [0.2, 0.25) is 6.79 Å². The molecular formula is C45H44F2O10. The van der Waals surface area contributed by atoms with Crippen LogP contribution >= 0.6 is 0 Å². The van der Waals surface area contributed by atoms with Gasteiger partial charge >= 0.3 is 5.97 Å². The van der Waals surface area contributed by atoms with Crippen LogP contribution in [0.25, 0.3) is 22.3 Å². The minimum atomic E-state index is -0.706. The first-order chi connectivity index (χ1) is 27.5. The highest BCUT2D eigenvalue weighted by atomic mass is 19.1. The van der Waals surface area contributed by atoms with Crippen molar-refractivity contribution in [2.45, 2.75) is 20.8 Å². The minimum absolute atomic E-state index is 0.0206. The molecule has 0 saturated carbocycles. The SMILES string of the molecule is Cc1cc(-c2ccc(OCOc3ccc(OCOCC4(C)COC4)cc3)c(F)c2)ccc1-c1ccc(OC(=O)c2ccc(OCOCC3(C)COC3)cc2)c(F)c1. The molecule has 0 radical (unpaired) electrons. The lowest BCUT2D eigenvalue weighted by atomic mass is 9.90. The molecule has 0 spiro atoms. The van der Waals surface area contributed by atoms with Gasteiger partial charge in [0.25, 0.3) is 0 Å². The molecule has 298 valence electrons. The van der Waals surface area contributed by atoms with Gasteiger partial charge in [-0.05, 0) is 108 Å². The van der Waals surface area contributed by atoms with Crippen LogP contribution < -0.4 is 23.7 Å². The van der Waals surface area contributed by atoms with Crippen LogP contribution in [0.15, 0.2) is 103 Å². The maximum absolute atomic E-state index is 15.2. The summed E-state index contributed by atoms with van der Waals surface area (Å²) >= 11 is 0. The van der Waals surface area contributed by atoms with E-state index in [1.807, 2.05) is 25.1 Å². The van der Waals surface area contributed by atoms with E-state index in [4.69, 9.17) is 42.6 Å². The summed E-state index contributed by atoms with van der Waals surface area (Å²) in [6, 6.07) is 28.0. The van der Waals surface area contributed by atoms with Crippen LogP contribution in [0.1, 0.15) is 29.8 Å². The molecule has 0 unspecified atom stereocenters. The second kappa shape index (κ2) is 17.7. The van der Waals surface area contributed by atoms with Crippen molar-refractivity contribution in [3.8, 4) is 51.0 Å². The van der Waals surface area contributed by atoms with Gasteiger partial charge in [-0.2, -0.15) is 0 Å². The summed E-state index contributed by atoms with van der Waals surface area (Å²) in [6.07, 6.45) is 0. The Balaban J connectivity index is 0.876. The highest BCUT2D eigenvalue weighted by Gasteiger charge is 2.34. The average Bonchev–Trinajstić information content (AvgIpc) is 3.19. The first-order valence-electron chi connectivity index (χ1n) is 18.5.